The molecule has 6 nitrogen and oxygen atoms in total. The molecule has 8 heteroatoms. The first-order valence-electron chi connectivity index (χ1n) is 10.3. The molecule has 0 saturated heterocycles. The number of fused-ring (bicyclic) bond motifs is 1. The molecule has 0 unspecified atom stereocenters. The maximum atomic E-state index is 14.7. The third-order valence-electron chi connectivity index (χ3n) is 5.31. The van der Waals surface area contributed by atoms with Crippen molar-refractivity contribution in [3.05, 3.63) is 59.1 Å². The number of anilines is 1. The van der Waals surface area contributed by atoms with Gasteiger partial charge in [0, 0.05) is 23.7 Å². The largest absolute Gasteiger partial charge is 0.478 e. The monoisotopic (exact) mass is 442 g/mol. The number of halogens is 2. The van der Waals surface area contributed by atoms with Crippen LogP contribution in [0.3, 0.4) is 0 Å². The second-order valence-electron chi connectivity index (χ2n) is 8.12. The van der Waals surface area contributed by atoms with Crippen LogP contribution < -0.4 is 10.1 Å². The van der Waals surface area contributed by atoms with Gasteiger partial charge in [-0.15, -0.1) is 10.2 Å². The first-order valence-corrected chi connectivity index (χ1v) is 10.7. The van der Waals surface area contributed by atoms with Crippen LogP contribution in [0.1, 0.15) is 38.9 Å². The van der Waals surface area contributed by atoms with Crippen LogP contribution in [0.2, 0.25) is 5.02 Å². The molecule has 1 amide bonds. The van der Waals surface area contributed by atoms with Crippen LogP contribution in [0.4, 0.5) is 10.1 Å². The number of rotatable bonds is 5. The van der Waals surface area contributed by atoms with Gasteiger partial charge in [0.25, 0.3) is 5.91 Å². The quantitative estimate of drug-likeness (QED) is 0.585. The molecule has 0 spiro atoms. The standard InChI is InChI=1S/C23H24ClFN4O2/c1-23(2,31-17-10-7-15(24)8-11-17)22(30)26-16-9-12-19(25)18(14-16)21-28-27-20-6-4-3-5-13-29(20)21/h7-12,14H,3-6,13H2,1-2H3,(H,26,30). The van der Waals surface area contributed by atoms with Crippen molar-refractivity contribution < 1.29 is 13.9 Å². The molecule has 0 fully saturated rings. The average molecular weight is 443 g/mol. The van der Waals surface area contributed by atoms with E-state index in [1.165, 1.54) is 12.1 Å². The molecule has 0 radical (unpaired) electrons. The van der Waals surface area contributed by atoms with E-state index >= 15 is 0 Å². The van der Waals surface area contributed by atoms with Crippen LogP contribution in [0, 0.1) is 5.82 Å². The maximum absolute atomic E-state index is 14.7. The molecule has 2 aromatic carbocycles. The Bertz CT molecular complexity index is 1100. The van der Waals surface area contributed by atoms with Gasteiger partial charge in [-0.2, -0.15) is 0 Å². The lowest BCUT2D eigenvalue weighted by Crippen LogP contribution is -2.42. The smallest absolute Gasteiger partial charge is 0.267 e. The minimum absolute atomic E-state index is 0.315. The van der Waals surface area contributed by atoms with Gasteiger partial charge in [-0.1, -0.05) is 18.0 Å². The van der Waals surface area contributed by atoms with E-state index in [1.54, 1.807) is 44.2 Å². The van der Waals surface area contributed by atoms with Crippen LogP contribution in [0.5, 0.6) is 5.75 Å². The number of hydrogen-bond acceptors (Lipinski definition) is 4. The first kappa shape index (κ1) is 21.3. The molecule has 0 bridgehead atoms. The number of hydrogen-bond donors (Lipinski definition) is 1. The second-order valence-corrected chi connectivity index (χ2v) is 8.55. The Morgan fingerprint density at radius 3 is 2.68 bits per heavy atom. The van der Waals surface area contributed by atoms with E-state index < -0.39 is 11.4 Å². The highest BCUT2D eigenvalue weighted by atomic mass is 35.5. The van der Waals surface area contributed by atoms with E-state index in [1.807, 2.05) is 4.57 Å². The van der Waals surface area contributed by atoms with Gasteiger partial charge < -0.3 is 14.6 Å². The summed E-state index contributed by atoms with van der Waals surface area (Å²) in [5, 5.41) is 11.9. The molecular weight excluding hydrogens is 419 g/mol. The van der Waals surface area contributed by atoms with E-state index in [-0.39, 0.29) is 5.91 Å². The van der Waals surface area contributed by atoms with Crippen molar-refractivity contribution >= 4 is 23.2 Å². The van der Waals surface area contributed by atoms with Gasteiger partial charge in [-0.05, 0) is 69.2 Å². The predicted molar refractivity (Wildman–Crippen MR) is 118 cm³/mol. The number of benzene rings is 2. The molecule has 1 aliphatic rings. The van der Waals surface area contributed by atoms with Crippen molar-refractivity contribution in [3.8, 4) is 17.1 Å². The number of nitrogens with one attached hydrogen (secondary N) is 1. The number of amides is 1. The lowest BCUT2D eigenvalue weighted by molar-refractivity contribution is -0.128. The van der Waals surface area contributed by atoms with Gasteiger partial charge in [0.1, 0.15) is 17.4 Å². The van der Waals surface area contributed by atoms with Gasteiger partial charge in [0.15, 0.2) is 11.4 Å². The topological polar surface area (TPSA) is 69.0 Å². The van der Waals surface area contributed by atoms with E-state index in [9.17, 15) is 9.18 Å². The Morgan fingerprint density at radius 1 is 1.13 bits per heavy atom. The normalized spacial score (nSPS) is 13.9. The summed E-state index contributed by atoms with van der Waals surface area (Å²) in [6.07, 6.45) is 4.01. The summed E-state index contributed by atoms with van der Waals surface area (Å²) >= 11 is 5.90. The highest BCUT2D eigenvalue weighted by Crippen LogP contribution is 2.28. The summed E-state index contributed by atoms with van der Waals surface area (Å²) in [4.78, 5) is 12.9. The Balaban J connectivity index is 1.55. The van der Waals surface area contributed by atoms with Gasteiger partial charge in [-0.3, -0.25) is 4.79 Å². The molecule has 162 valence electrons. The number of aryl methyl sites for hydroxylation is 1. The predicted octanol–water partition coefficient (Wildman–Crippen LogP) is 5.26. The summed E-state index contributed by atoms with van der Waals surface area (Å²) in [7, 11) is 0. The van der Waals surface area contributed by atoms with Gasteiger partial charge in [0.05, 0.1) is 5.56 Å². The Morgan fingerprint density at radius 2 is 1.90 bits per heavy atom. The number of carbonyl (C=O) groups is 1. The number of carbonyl (C=O) groups excluding carboxylic acids is 1. The number of aromatic nitrogens is 3. The van der Waals surface area contributed by atoms with Crippen molar-refractivity contribution in [2.24, 2.45) is 0 Å². The van der Waals surface area contributed by atoms with Crippen molar-refractivity contribution in [2.75, 3.05) is 5.32 Å². The third-order valence-corrected chi connectivity index (χ3v) is 5.56. The Labute approximate surface area is 185 Å². The van der Waals surface area contributed by atoms with E-state index in [4.69, 9.17) is 16.3 Å². The van der Waals surface area contributed by atoms with Crippen LogP contribution in [-0.4, -0.2) is 26.3 Å². The van der Waals surface area contributed by atoms with Crippen LogP contribution in [0.15, 0.2) is 42.5 Å². The van der Waals surface area contributed by atoms with Crippen LogP contribution in [0.25, 0.3) is 11.4 Å². The lowest BCUT2D eigenvalue weighted by Gasteiger charge is -2.25. The minimum Gasteiger partial charge on any atom is -0.478 e. The zero-order chi connectivity index (χ0) is 22.0. The van der Waals surface area contributed by atoms with Gasteiger partial charge in [0.2, 0.25) is 0 Å². The summed E-state index contributed by atoms with van der Waals surface area (Å²) < 4.78 is 22.5. The number of nitrogens with zero attached hydrogens (tertiary/aromatic N) is 3. The van der Waals surface area contributed by atoms with Gasteiger partial charge >= 0.3 is 0 Å². The molecule has 4 rings (SSSR count). The SMILES string of the molecule is CC(C)(Oc1ccc(Cl)cc1)C(=O)Nc1ccc(F)c(-c2nnc3n2CCCCC3)c1. The highest BCUT2D eigenvalue weighted by molar-refractivity contribution is 6.30. The molecule has 1 aliphatic heterocycles. The minimum atomic E-state index is -1.16. The fourth-order valence-electron chi connectivity index (χ4n) is 3.58. The molecule has 1 aromatic heterocycles. The lowest BCUT2D eigenvalue weighted by atomic mass is 10.1. The van der Waals surface area contributed by atoms with Crippen molar-refractivity contribution in [2.45, 2.75) is 51.7 Å². The molecule has 0 saturated carbocycles. The molecule has 31 heavy (non-hydrogen) atoms. The zero-order valence-electron chi connectivity index (χ0n) is 17.5. The molecular formula is C23H24ClFN4O2. The van der Waals surface area contributed by atoms with Gasteiger partial charge in [-0.25, -0.2) is 4.39 Å². The average Bonchev–Trinajstić information content (AvgIpc) is 2.98. The second kappa shape index (κ2) is 8.67. The molecule has 3 aromatic rings. The first-order chi connectivity index (χ1) is 14.8. The van der Waals surface area contributed by atoms with E-state index in [0.29, 0.717) is 27.8 Å². The maximum Gasteiger partial charge on any atom is 0.267 e. The molecule has 0 aliphatic carbocycles. The van der Waals surface area contributed by atoms with E-state index in [0.717, 1.165) is 38.1 Å². The highest BCUT2D eigenvalue weighted by Gasteiger charge is 2.30. The van der Waals surface area contributed by atoms with Crippen LogP contribution >= 0.6 is 11.6 Å². The molecule has 0 atom stereocenters. The van der Waals surface area contributed by atoms with Crippen molar-refractivity contribution in [1.29, 1.82) is 0 Å². The number of ether oxygens (including phenoxy) is 1. The van der Waals surface area contributed by atoms with E-state index in [2.05, 4.69) is 15.5 Å². The van der Waals surface area contributed by atoms with Crippen molar-refractivity contribution in [1.82, 2.24) is 14.8 Å². The molecule has 2 heterocycles. The Hall–Kier alpha value is -2.93. The summed E-state index contributed by atoms with van der Waals surface area (Å²) in [5.41, 5.74) is -0.385. The fraction of sp³-hybridized carbons (Fsp3) is 0.348. The molecule has 1 N–H and O–H groups in total. The Kier molecular flexibility index (Phi) is 5.96. The van der Waals surface area contributed by atoms with Crippen LogP contribution in [-0.2, 0) is 17.8 Å². The van der Waals surface area contributed by atoms with Crippen molar-refractivity contribution in [3.63, 3.8) is 0 Å². The fourth-order valence-corrected chi connectivity index (χ4v) is 3.71. The summed E-state index contributed by atoms with van der Waals surface area (Å²) in [6.45, 7) is 4.09. The third kappa shape index (κ3) is 4.71. The zero-order valence-corrected chi connectivity index (χ0v) is 18.2. The summed E-state index contributed by atoms with van der Waals surface area (Å²) in [5.74, 6) is 1.12. The summed E-state index contributed by atoms with van der Waals surface area (Å²) in [6, 6.07) is 11.2.